The Morgan fingerprint density at radius 1 is 0.778 bits per heavy atom. The second-order valence-corrected chi connectivity index (χ2v) is 7.39. The second kappa shape index (κ2) is 5.65. The van der Waals surface area contributed by atoms with Crippen LogP contribution in [0.4, 0.5) is 17.3 Å². The molecule has 0 radical (unpaired) electrons. The largest absolute Gasteiger partial charge is 0.449 e. The van der Waals surface area contributed by atoms with Gasteiger partial charge in [0.25, 0.3) is 0 Å². The Morgan fingerprint density at radius 3 is 2.30 bits per heavy atom. The minimum atomic E-state index is 0.740. The molecule has 0 amide bonds. The SMILES string of the molecule is Cc1cc(C)c(N2c3ccccc3Oc3c2oc2ccc(C)cc32)c(C)c1. The van der Waals surface area contributed by atoms with E-state index in [1.165, 1.54) is 22.3 Å². The maximum absolute atomic E-state index is 6.31. The minimum Gasteiger partial charge on any atom is -0.449 e. The highest BCUT2D eigenvalue weighted by molar-refractivity contribution is 5.97. The summed E-state index contributed by atoms with van der Waals surface area (Å²) in [6.45, 7) is 8.52. The van der Waals surface area contributed by atoms with E-state index in [2.05, 4.69) is 62.9 Å². The first-order valence-electron chi connectivity index (χ1n) is 9.21. The summed E-state index contributed by atoms with van der Waals surface area (Å²) in [4.78, 5) is 2.20. The standard InChI is InChI=1S/C24H21NO2/c1-14-9-10-20-18(13-14)23-24(27-20)25(19-7-5-6-8-21(19)26-23)22-16(3)11-15(2)12-17(22)4/h5-13H,1-4H3. The molecule has 4 aromatic rings. The van der Waals surface area contributed by atoms with Crippen molar-refractivity contribution in [1.82, 2.24) is 0 Å². The minimum absolute atomic E-state index is 0.740. The van der Waals surface area contributed by atoms with Crippen LogP contribution >= 0.6 is 0 Å². The van der Waals surface area contributed by atoms with E-state index in [1.54, 1.807) is 0 Å². The summed E-state index contributed by atoms with van der Waals surface area (Å²) in [5.41, 5.74) is 7.85. The van der Waals surface area contributed by atoms with Gasteiger partial charge in [-0.1, -0.05) is 41.5 Å². The van der Waals surface area contributed by atoms with E-state index < -0.39 is 0 Å². The highest BCUT2D eigenvalue weighted by atomic mass is 16.5. The molecule has 3 nitrogen and oxygen atoms in total. The van der Waals surface area contributed by atoms with Gasteiger partial charge in [0.2, 0.25) is 5.88 Å². The van der Waals surface area contributed by atoms with Crippen molar-refractivity contribution in [3.05, 3.63) is 76.9 Å². The predicted molar refractivity (Wildman–Crippen MR) is 110 cm³/mol. The normalized spacial score (nSPS) is 12.7. The number of benzene rings is 3. The van der Waals surface area contributed by atoms with Crippen LogP contribution in [0.5, 0.6) is 11.5 Å². The molecule has 0 spiro atoms. The number of nitrogens with zero attached hydrogens (tertiary/aromatic N) is 1. The van der Waals surface area contributed by atoms with E-state index in [-0.39, 0.29) is 0 Å². The van der Waals surface area contributed by atoms with Gasteiger partial charge in [-0.25, -0.2) is 0 Å². The molecule has 0 atom stereocenters. The average molecular weight is 355 g/mol. The number of furan rings is 1. The molecule has 0 saturated carbocycles. The first kappa shape index (κ1) is 16.0. The van der Waals surface area contributed by atoms with Crippen LogP contribution in [0.2, 0.25) is 0 Å². The fourth-order valence-corrected chi connectivity index (χ4v) is 4.12. The van der Waals surface area contributed by atoms with E-state index in [0.29, 0.717) is 0 Å². The highest BCUT2D eigenvalue weighted by Crippen LogP contribution is 2.55. The molecule has 0 fully saturated rings. The van der Waals surface area contributed by atoms with Gasteiger partial charge in [0.05, 0.1) is 16.8 Å². The van der Waals surface area contributed by atoms with Crippen molar-refractivity contribution in [2.75, 3.05) is 4.90 Å². The van der Waals surface area contributed by atoms with Crippen LogP contribution in [0, 0.1) is 27.7 Å². The molecule has 27 heavy (non-hydrogen) atoms. The summed E-state index contributed by atoms with van der Waals surface area (Å²) in [5.74, 6) is 2.37. The van der Waals surface area contributed by atoms with Crippen molar-refractivity contribution in [2.24, 2.45) is 0 Å². The van der Waals surface area contributed by atoms with Crippen molar-refractivity contribution in [3.63, 3.8) is 0 Å². The van der Waals surface area contributed by atoms with Crippen LogP contribution in [0.3, 0.4) is 0 Å². The molecule has 5 rings (SSSR count). The molecule has 134 valence electrons. The van der Waals surface area contributed by atoms with Gasteiger partial charge >= 0.3 is 0 Å². The first-order valence-corrected chi connectivity index (χ1v) is 9.21. The zero-order chi connectivity index (χ0) is 18.7. The molecular weight excluding hydrogens is 334 g/mol. The molecular formula is C24H21NO2. The van der Waals surface area contributed by atoms with Crippen LogP contribution < -0.4 is 9.64 Å². The summed E-state index contributed by atoms with van der Waals surface area (Å²) >= 11 is 0. The van der Waals surface area contributed by atoms with Crippen LogP contribution in [0.25, 0.3) is 11.0 Å². The van der Waals surface area contributed by atoms with Crippen LogP contribution in [-0.2, 0) is 0 Å². The molecule has 0 bridgehead atoms. The third-order valence-corrected chi connectivity index (χ3v) is 5.16. The fourth-order valence-electron chi connectivity index (χ4n) is 4.12. The van der Waals surface area contributed by atoms with E-state index in [9.17, 15) is 0 Å². The van der Waals surface area contributed by atoms with Crippen molar-refractivity contribution in [1.29, 1.82) is 0 Å². The van der Waals surface area contributed by atoms with Crippen molar-refractivity contribution < 1.29 is 9.15 Å². The highest BCUT2D eigenvalue weighted by Gasteiger charge is 2.32. The third-order valence-electron chi connectivity index (χ3n) is 5.16. The quantitative estimate of drug-likeness (QED) is 0.317. The second-order valence-electron chi connectivity index (χ2n) is 7.39. The maximum atomic E-state index is 6.31. The summed E-state index contributed by atoms with van der Waals surface area (Å²) in [7, 11) is 0. The molecule has 2 heterocycles. The molecule has 3 heteroatoms. The van der Waals surface area contributed by atoms with Gasteiger partial charge in [0, 0.05) is 0 Å². The Balaban J connectivity index is 1.86. The Kier molecular flexibility index (Phi) is 3.35. The number of anilines is 3. The molecule has 3 aromatic carbocycles. The van der Waals surface area contributed by atoms with Gasteiger partial charge in [0.1, 0.15) is 5.58 Å². The first-order chi connectivity index (χ1) is 13.0. The van der Waals surface area contributed by atoms with Crippen LogP contribution in [0.15, 0.2) is 59.0 Å². The average Bonchev–Trinajstić information content (AvgIpc) is 2.98. The van der Waals surface area contributed by atoms with E-state index in [4.69, 9.17) is 9.15 Å². The van der Waals surface area contributed by atoms with Crippen molar-refractivity contribution >= 4 is 28.2 Å². The molecule has 1 aromatic heterocycles. The summed E-state index contributed by atoms with van der Waals surface area (Å²) in [6.07, 6.45) is 0. The van der Waals surface area contributed by atoms with Crippen molar-refractivity contribution in [3.8, 4) is 11.5 Å². The lowest BCUT2D eigenvalue weighted by atomic mass is 10.0. The van der Waals surface area contributed by atoms with Gasteiger partial charge in [-0.2, -0.15) is 0 Å². The molecule has 1 aliphatic heterocycles. The maximum Gasteiger partial charge on any atom is 0.249 e. The smallest absolute Gasteiger partial charge is 0.249 e. The van der Waals surface area contributed by atoms with E-state index >= 15 is 0 Å². The van der Waals surface area contributed by atoms with Gasteiger partial charge in [-0.15, -0.1) is 0 Å². The number of aryl methyl sites for hydroxylation is 4. The van der Waals surface area contributed by atoms with Gasteiger partial charge in [-0.05, 0) is 63.1 Å². The number of hydrogen-bond donors (Lipinski definition) is 0. The van der Waals surface area contributed by atoms with E-state index in [0.717, 1.165) is 39.7 Å². The zero-order valence-electron chi connectivity index (χ0n) is 16.0. The molecule has 0 saturated heterocycles. The third kappa shape index (κ3) is 2.35. The van der Waals surface area contributed by atoms with Gasteiger partial charge in [-0.3, -0.25) is 4.90 Å². The zero-order valence-corrected chi connectivity index (χ0v) is 16.0. The summed E-state index contributed by atoms with van der Waals surface area (Å²) < 4.78 is 12.6. The summed E-state index contributed by atoms with van der Waals surface area (Å²) in [5, 5.41) is 1.01. The number of ether oxygens (including phenoxy) is 1. The van der Waals surface area contributed by atoms with Crippen LogP contribution in [0.1, 0.15) is 22.3 Å². The Hall–Kier alpha value is -3.20. The Labute approximate surface area is 158 Å². The van der Waals surface area contributed by atoms with E-state index in [1.807, 2.05) is 24.3 Å². The fraction of sp³-hybridized carbons (Fsp3) is 0.167. The molecule has 0 N–H and O–H groups in total. The molecule has 0 aliphatic carbocycles. The lowest BCUT2D eigenvalue weighted by molar-refractivity contribution is 0.464. The number of rotatable bonds is 1. The lowest BCUT2D eigenvalue weighted by Gasteiger charge is -2.31. The number of hydrogen-bond acceptors (Lipinski definition) is 3. The molecule has 1 aliphatic rings. The Morgan fingerprint density at radius 2 is 1.52 bits per heavy atom. The number of para-hydroxylation sites is 2. The lowest BCUT2D eigenvalue weighted by Crippen LogP contribution is -2.16. The van der Waals surface area contributed by atoms with Crippen LogP contribution in [-0.4, -0.2) is 0 Å². The van der Waals surface area contributed by atoms with Crippen molar-refractivity contribution in [2.45, 2.75) is 27.7 Å². The topological polar surface area (TPSA) is 25.6 Å². The summed E-state index contributed by atoms with van der Waals surface area (Å²) in [6, 6.07) is 18.8. The van der Waals surface area contributed by atoms with Gasteiger partial charge in [0.15, 0.2) is 11.5 Å². The van der Waals surface area contributed by atoms with Gasteiger partial charge < -0.3 is 9.15 Å². The predicted octanol–water partition coefficient (Wildman–Crippen LogP) is 7.24. The monoisotopic (exact) mass is 355 g/mol. The number of fused-ring (bicyclic) bond motifs is 4. The molecule has 0 unspecified atom stereocenters. The Bertz CT molecular complexity index is 1180.